The quantitative estimate of drug-likeness (QED) is 0.682. The topological polar surface area (TPSA) is 20.3 Å². The number of hydrogen-bond acceptors (Lipinski definition) is 1. The van der Waals surface area contributed by atoms with Crippen LogP contribution in [0.2, 0.25) is 0 Å². The first-order valence-electron chi connectivity index (χ1n) is 8.11. The second kappa shape index (κ2) is 7.66. The van der Waals surface area contributed by atoms with Crippen LogP contribution in [0.15, 0.2) is 0 Å². The molecule has 0 radical (unpaired) electrons. The van der Waals surface area contributed by atoms with Gasteiger partial charge in [0.25, 0.3) is 0 Å². The average Bonchev–Trinajstić information content (AvgIpc) is 2.37. The largest absolute Gasteiger partial charge is 0.341 e. The van der Waals surface area contributed by atoms with Crippen molar-refractivity contribution < 1.29 is 4.79 Å². The molecule has 2 saturated carbocycles. The zero-order valence-electron chi connectivity index (χ0n) is 12.2. The summed E-state index contributed by atoms with van der Waals surface area (Å²) in [7, 11) is 2.03. The highest BCUT2D eigenvalue weighted by Gasteiger charge is 2.32. The lowest BCUT2D eigenvalue weighted by atomic mass is 9.88. The Bertz CT molecular complexity index is 286. The first kappa shape index (κ1) is 15.3. The molecule has 0 heterocycles. The first-order chi connectivity index (χ1) is 9.20. The Morgan fingerprint density at radius 3 is 2.05 bits per heavy atom. The Labute approximate surface area is 126 Å². The summed E-state index contributed by atoms with van der Waals surface area (Å²) >= 11 is 3.78. The van der Waals surface area contributed by atoms with Crippen molar-refractivity contribution in [3.8, 4) is 0 Å². The Morgan fingerprint density at radius 2 is 1.42 bits per heavy atom. The predicted molar refractivity (Wildman–Crippen MR) is 83.6 cm³/mol. The molecule has 19 heavy (non-hydrogen) atoms. The lowest BCUT2D eigenvalue weighted by molar-refractivity contribution is -0.137. The van der Waals surface area contributed by atoms with Crippen molar-refractivity contribution in [1.29, 1.82) is 0 Å². The molecule has 0 bridgehead atoms. The second-order valence-corrected chi connectivity index (χ2v) is 7.54. The van der Waals surface area contributed by atoms with Crippen molar-refractivity contribution in [1.82, 2.24) is 4.90 Å². The van der Waals surface area contributed by atoms with Crippen LogP contribution in [0.3, 0.4) is 0 Å². The van der Waals surface area contributed by atoms with Crippen LogP contribution < -0.4 is 0 Å². The van der Waals surface area contributed by atoms with Gasteiger partial charge in [-0.3, -0.25) is 4.79 Å². The van der Waals surface area contributed by atoms with Gasteiger partial charge in [-0.1, -0.05) is 60.9 Å². The molecule has 0 aliphatic heterocycles. The van der Waals surface area contributed by atoms with E-state index in [1.54, 1.807) is 0 Å². The van der Waals surface area contributed by atoms with Gasteiger partial charge in [-0.05, 0) is 25.7 Å². The zero-order valence-corrected chi connectivity index (χ0v) is 13.8. The van der Waals surface area contributed by atoms with E-state index in [0.717, 1.165) is 12.8 Å². The molecule has 0 aromatic rings. The minimum absolute atomic E-state index is 0.298. The van der Waals surface area contributed by atoms with Gasteiger partial charge < -0.3 is 4.90 Å². The van der Waals surface area contributed by atoms with Crippen molar-refractivity contribution >= 4 is 21.8 Å². The van der Waals surface area contributed by atoms with Gasteiger partial charge in [-0.15, -0.1) is 0 Å². The Kier molecular flexibility index (Phi) is 6.18. The maximum Gasteiger partial charge on any atom is 0.225 e. The van der Waals surface area contributed by atoms with Gasteiger partial charge in [0.1, 0.15) is 0 Å². The molecular weight excluding hydrogens is 302 g/mol. The van der Waals surface area contributed by atoms with Gasteiger partial charge in [-0.2, -0.15) is 0 Å². The summed E-state index contributed by atoms with van der Waals surface area (Å²) in [4.78, 5) is 15.3. The summed E-state index contributed by atoms with van der Waals surface area (Å²) in [5, 5.41) is 0. The Balaban J connectivity index is 1.92. The molecule has 2 aliphatic rings. The number of hydrogen-bond donors (Lipinski definition) is 0. The van der Waals surface area contributed by atoms with Gasteiger partial charge in [-0.25, -0.2) is 0 Å². The molecule has 2 aliphatic carbocycles. The maximum absolute atomic E-state index is 12.7. The Morgan fingerprint density at radius 1 is 0.895 bits per heavy atom. The molecule has 2 fully saturated rings. The van der Waals surface area contributed by atoms with Crippen LogP contribution in [-0.2, 0) is 4.79 Å². The normalized spacial score (nSPS) is 30.4. The number of carbonyl (C=O) groups is 1. The van der Waals surface area contributed by atoms with Crippen LogP contribution in [0.25, 0.3) is 0 Å². The molecule has 0 N–H and O–H groups in total. The van der Waals surface area contributed by atoms with E-state index in [9.17, 15) is 4.79 Å². The van der Waals surface area contributed by atoms with E-state index in [-0.39, 0.29) is 0 Å². The monoisotopic (exact) mass is 329 g/mol. The van der Waals surface area contributed by atoms with E-state index >= 15 is 0 Å². The van der Waals surface area contributed by atoms with Gasteiger partial charge >= 0.3 is 0 Å². The molecule has 2 unspecified atom stereocenters. The first-order valence-corrected chi connectivity index (χ1v) is 9.02. The zero-order chi connectivity index (χ0) is 13.7. The number of amides is 1. The van der Waals surface area contributed by atoms with Crippen molar-refractivity contribution in [3.63, 3.8) is 0 Å². The summed E-state index contributed by atoms with van der Waals surface area (Å²) in [5.74, 6) is 0.713. The molecule has 0 saturated heterocycles. The standard InChI is InChI=1S/C16H28BrNO/c1-18(15-12-8-7-11-14(15)17)16(19)13-9-5-3-2-4-6-10-13/h13-15H,2-12H2,1H3. The molecule has 110 valence electrons. The van der Waals surface area contributed by atoms with Crippen LogP contribution >= 0.6 is 15.9 Å². The number of carbonyl (C=O) groups excluding carboxylic acids is 1. The fourth-order valence-electron chi connectivity index (χ4n) is 3.66. The fraction of sp³-hybridized carbons (Fsp3) is 0.938. The van der Waals surface area contributed by atoms with E-state index in [1.165, 1.54) is 57.8 Å². The predicted octanol–water partition coefficient (Wildman–Crippen LogP) is 4.51. The number of alkyl halides is 1. The highest BCUT2D eigenvalue weighted by Crippen LogP contribution is 2.30. The second-order valence-electron chi connectivity index (χ2n) is 6.36. The molecule has 3 heteroatoms. The lowest BCUT2D eigenvalue weighted by Crippen LogP contribution is -2.46. The molecule has 2 atom stereocenters. The third kappa shape index (κ3) is 4.21. The SMILES string of the molecule is CN(C(=O)C1CCCCCCC1)C1CCCCC1Br. The van der Waals surface area contributed by atoms with E-state index in [2.05, 4.69) is 20.8 Å². The maximum atomic E-state index is 12.7. The average molecular weight is 330 g/mol. The number of nitrogens with zero attached hydrogens (tertiary/aromatic N) is 1. The van der Waals surface area contributed by atoms with Crippen LogP contribution in [0.4, 0.5) is 0 Å². The summed E-state index contributed by atoms with van der Waals surface area (Å²) in [6.45, 7) is 0. The minimum atomic E-state index is 0.298. The third-order valence-corrected chi connectivity index (χ3v) is 6.01. The summed E-state index contributed by atoms with van der Waals surface area (Å²) in [5.41, 5.74) is 0. The molecule has 2 nitrogen and oxygen atoms in total. The molecule has 0 aromatic heterocycles. The number of rotatable bonds is 2. The van der Waals surface area contributed by atoms with Crippen molar-refractivity contribution in [3.05, 3.63) is 0 Å². The van der Waals surface area contributed by atoms with Crippen molar-refractivity contribution in [2.45, 2.75) is 81.5 Å². The van der Waals surface area contributed by atoms with Crippen molar-refractivity contribution in [2.24, 2.45) is 5.92 Å². The van der Waals surface area contributed by atoms with E-state index in [4.69, 9.17) is 0 Å². The molecule has 0 spiro atoms. The van der Waals surface area contributed by atoms with Crippen LogP contribution in [0.1, 0.15) is 70.6 Å². The van der Waals surface area contributed by atoms with Gasteiger partial charge in [0.2, 0.25) is 5.91 Å². The molecular formula is C16H28BrNO. The van der Waals surface area contributed by atoms with Crippen molar-refractivity contribution in [2.75, 3.05) is 7.05 Å². The van der Waals surface area contributed by atoms with Gasteiger partial charge in [0.05, 0.1) is 0 Å². The van der Waals surface area contributed by atoms with Crippen LogP contribution in [0, 0.1) is 5.92 Å². The lowest BCUT2D eigenvalue weighted by Gasteiger charge is -2.37. The highest BCUT2D eigenvalue weighted by atomic mass is 79.9. The Hall–Kier alpha value is -0.0500. The summed E-state index contributed by atoms with van der Waals surface area (Å²) in [6, 6.07) is 0.423. The minimum Gasteiger partial charge on any atom is -0.341 e. The fourth-order valence-corrected chi connectivity index (χ4v) is 4.60. The summed E-state index contributed by atoms with van der Waals surface area (Å²) in [6.07, 6.45) is 13.7. The molecule has 1 amide bonds. The smallest absolute Gasteiger partial charge is 0.225 e. The van der Waals surface area contributed by atoms with Gasteiger partial charge in [0.15, 0.2) is 0 Å². The van der Waals surface area contributed by atoms with E-state index in [0.29, 0.717) is 22.7 Å². The van der Waals surface area contributed by atoms with Crippen LogP contribution in [0.5, 0.6) is 0 Å². The highest BCUT2D eigenvalue weighted by molar-refractivity contribution is 9.09. The van der Waals surface area contributed by atoms with E-state index in [1.807, 2.05) is 7.05 Å². The third-order valence-electron chi connectivity index (χ3n) is 4.95. The van der Waals surface area contributed by atoms with Crippen LogP contribution in [-0.4, -0.2) is 28.7 Å². The number of halogens is 1. The van der Waals surface area contributed by atoms with E-state index < -0.39 is 0 Å². The molecule has 2 rings (SSSR count). The molecule has 0 aromatic carbocycles. The summed E-state index contributed by atoms with van der Waals surface area (Å²) < 4.78 is 0. The van der Waals surface area contributed by atoms with Gasteiger partial charge in [0, 0.05) is 23.8 Å².